The lowest BCUT2D eigenvalue weighted by molar-refractivity contribution is 0.102. The molecule has 2 aromatic carbocycles. The zero-order chi connectivity index (χ0) is 21.0. The van der Waals surface area contributed by atoms with E-state index in [1.807, 2.05) is 6.07 Å². The molecular formula is C20H20ClN3O5. The number of rotatable bonds is 7. The van der Waals surface area contributed by atoms with Crippen LogP contribution in [0.1, 0.15) is 10.5 Å². The molecule has 1 aromatic heterocycles. The van der Waals surface area contributed by atoms with Crippen LogP contribution >= 0.6 is 11.6 Å². The summed E-state index contributed by atoms with van der Waals surface area (Å²) in [6, 6.07) is 10.1. The topological polar surface area (TPSA) is 94.7 Å². The number of aromatic amines is 1. The van der Waals surface area contributed by atoms with Gasteiger partial charge in [0.1, 0.15) is 28.7 Å². The Bertz CT molecular complexity index is 1030. The van der Waals surface area contributed by atoms with Gasteiger partial charge in [0, 0.05) is 23.8 Å². The van der Waals surface area contributed by atoms with Crippen LogP contribution in [0.3, 0.4) is 0 Å². The van der Waals surface area contributed by atoms with Crippen LogP contribution in [-0.4, -0.2) is 44.5 Å². The highest BCUT2D eigenvalue weighted by atomic mass is 35.5. The average Bonchev–Trinajstić information content (AvgIpc) is 3.24. The maximum atomic E-state index is 12.7. The van der Waals surface area contributed by atoms with Crippen molar-refractivity contribution in [3.63, 3.8) is 0 Å². The summed E-state index contributed by atoms with van der Waals surface area (Å²) in [7, 11) is 6.10. The lowest BCUT2D eigenvalue weighted by Crippen LogP contribution is -2.13. The van der Waals surface area contributed by atoms with Gasteiger partial charge in [-0.25, -0.2) is 0 Å². The summed E-state index contributed by atoms with van der Waals surface area (Å²) in [6.45, 7) is 0. The number of methoxy groups -OCH3 is 4. The Kier molecular flexibility index (Phi) is 6.13. The van der Waals surface area contributed by atoms with E-state index < -0.39 is 5.91 Å². The molecule has 1 amide bonds. The van der Waals surface area contributed by atoms with Crippen LogP contribution in [0.4, 0.5) is 5.69 Å². The highest BCUT2D eigenvalue weighted by Gasteiger charge is 2.17. The number of halogens is 1. The number of aromatic nitrogens is 2. The van der Waals surface area contributed by atoms with Crippen molar-refractivity contribution < 1.29 is 23.7 Å². The fourth-order valence-electron chi connectivity index (χ4n) is 2.73. The minimum Gasteiger partial charge on any atom is -0.497 e. The Morgan fingerprint density at radius 2 is 1.66 bits per heavy atom. The lowest BCUT2D eigenvalue weighted by Gasteiger charge is -2.12. The number of hydrogen-bond donors (Lipinski definition) is 2. The van der Waals surface area contributed by atoms with Gasteiger partial charge in [0.25, 0.3) is 5.91 Å². The van der Waals surface area contributed by atoms with E-state index in [9.17, 15) is 4.79 Å². The summed E-state index contributed by atoms with van der Waals surface area (Å²) >= 11 is 6.10. The molecule has 0 saturated heterocycles. The number of ether oxygens (including phenoxy) is 4. The van der Waals surface area contributed by atoms with E-state index in [4.69, 9.17) is 30.5 Å². The predicted molar refractivity (Wildman–Crippen MR) is 110 cm³/mol. The van der Waals surface area contributed by atoms with Gasteiger partial charge in [0.2, 0.25) is 0 Å². The second-order valence-corrected chi connectivity index (χ2v) is 6.28. The van der Waals surface area contributed by atoms with Crippen molar-refractivity contribution in [2.24, 2.45) is 0 Å². The highest BCUT2D eigenvalue weighted by molar-refractivity contribution is 6.32. The van der Waals surface area contributed by atoms with Gasteiger partial charge in [-0.15, -0.1) is 0 Å². The summed E-state index contributed by atoms with van der Waals surface area (Å²) in [5, 5.41) is 10.1. The van der Waals surface area contributed by atoms with Gasteiger partial charge >= 0.3 is 0 Å². The quantitative estimate of drug-likeness (QED) is 0.603. The molecule has 9 heteroatoms. The van der Waals surface area contributed by atoms with Gasteiger partial charge in [-0.2, -0.15) is 5.10 Å². The van der Waals surface area contributed by atoms with Crippen LogP contribution < -0.4 is 24.3 Å². The largest absolute Gasteiger partial charge is 0.497 e. The fraction of sp³-hybridized carbons (Fsp3) is 0.200. The minimum atomic E-state index is -0.404. The Hall–Kier alpha value is -3.39. The zero-order valence-corrected chi connectivity index (χ0v) is 17.1. The van der Waals surface area contributed by atoms with E-state index >= 15 is 0 Å². The minimum absolute atomic E-state index is 0.258. The fourth-order valence-corrected chi connectivity index (χ4v) is 2.96. The number of nitrogens with one attached hydrogen (secondary N) is 2. The third-order valence-corrected chi connectivity index (χ3v) is 4.52. The number of H-pyrrole nitrogens is 1. The van der Waals surface area contributed by atoms with Crippen LogP contribution in [0.5, 0.6) is 23.0 Å². The van der Waals surface area contributed by atoms with Crippen molar-refractivity contribution in [1.82, 2.24) is 10.2 Å². The molecule has 0 unspecified atom stereocenters. The smallest absolute Gasteiger partial charge is 0.273 e. The first-order chi connectivity index (χ1) is 14.0. The van der Waals surface area contributed by atoms with Gasteiger partial charge in [-0.1, -0.05) is 11.6 Å². The Morgan fingerprint density at radius 3 is 2.31 bits per heavy atom. The Morgan fingerprint density at radius 1 is 0.931 bits per heavy atom. The maximum absolute atomic E-state index is 12.7. The monoisotopic (exact) mass is 417 g/mol. The van der Waals surface area contributed by atoms with E-state index in [1.165, 1.54) is 14.2 Å². The normalized spacial score (nSPS) is 10.4. The Balaban J connectivity index is 1.87. The van der Waals surface area contributed by atoms with Crippen molar-refractivity contribution in [2.75, 3.05) is 33.8 Å². The molecule has 3 aromatic rings. The molecule has 0 saturated carbocycles. The molecule has 1 heterocycles. The number of amides is 1. The molecule has 152 valence electrons. The third kappa shape index (κ3) is 4.22. The standard InChI is InChI=1S/C20H20ClN3O5/c1-26-11-5-6-12(17(7-11)27-2)14-9-16(24-23-14)20(25)22-15-10-18(28-3)13(21)8-19(15)29-4/h5-10H,1-4H3,(H,22,25)(H,23,24). The molecule has 3 rings (SSSR count). The number of carbonyl (C=O) groups excluding carboxylic acids is 1. The molecule has 8 nitrogen and oxygen atoms in total. The van der Waals surface area contributed by atoms with Crippen LogP contribution in [0.2, 0.25) is 5.02 Å². The van der Waals surface area contributed by atoms with E-state index in [-0.39, 0.29) is 5.69 Å². The number of benzene rings is 2. The number of nitrogens with zero attached hydrogens (tertiary/aromatic N) is 1. The number of carbonyl (C=O) groups is 1. The first kappa shape index (κ1) is 20.3. The molecule has 0 aliphatic heterocycles. The second-order valence-electron chi connectivity index (χ2n) is 5.87. The summed E-state index contributed by atoms with van der Waals surface area (Å²) in [6.07, 6.45) is 0. The summed E-state index contributed by atoms with van der Waals surface area (Å²) in [5.41, 5.74) is 1.94. The van der Waals surface area contributed by atoms with Crippen molar-refractivity contribution in [1.29, 1.82) is 0 Å². The molecule has 0 radical (unpaired) electrons. The molecule has 0 atom stereocenters. The van der Waals surface area contributed by atoms with E-state index in [0.29, 0.717) is 45.0 Å². The molecule has 2 N–H and O–H groups in total. The highest BCUT2D eigenvalue weighted by Crippen LogP contribution is 2.36. The zero-order valence-electron chi connectivity index (χ0n) is 16.3. The molecule has 0 bridgehead atoms. The summed E-state index contributed by atoms with van der Waals surface area (Å²) in [5.74, 6) is 1.64. The van der Waals surface area contributed by atoms with Crippen molar-refractivity contribution >= 4 is 23.2 Å². The van der Waals surface area contributed by atoms with Crippen LogP contribution in [0, 0.1) is 0 Å². The molecule has 0 aliphatic carbocycles. The van der Waals surface area contributed by atoms with Crippen molar-refractivity contribution in [2.45, 2.75) is 0 Å². The van der Waals surface area contributed by atoms with Crippen LogP contribution in [-0.2, 0) is 0 Å². The Labute approximate surface area is 172 Å². The molecule has 0 fully saturated rings. The molecule has 0 spiro atoms. The van der Waals surface area contributed by atoms with Gasteiger partial charge in [-0.05, 0) is 18.2 Å². The third-order valence-electron chi connectivity index (χ3n) is 4.23. The molecule has 29 heavy (non-hydrogen) atoms. The van der Waals surface area contributed by atoms with Crippen molar-refractivity contribution in [3.8, 4) is 34.3 Å². The second kappa shape index (κ2) is 8.74. The molecular weight excluding hydrogens is 398 g/mol. The first-order valence-electron chi connectivity index (χ1n) is 8.51. The van der Waals surface area contributed by atoms with Gasteiger partial charge in [0.15, 0.2) is 0 Å². The van der Waals surface area contributed by atoms with Crippen molar-refractivity contribution in [3.05, 3.63) is 47.1 Å². The number of anilines is 1. The van der Waals surface area contributed by atoms with Crippen LogP contribution in [0.25, 0.3) is 11.3 Å². The van der Waals surface area contributed by atoms with E-state index in [0.717, 1.165) is 0 Å². The summed E-state index contributed by atoms with van der Waals surface area (Å²) < 4.78 is 21.1. The number of hydrogen-bond acceptors (Lipinski definition) is 6. The van der Waals surface area contributed by atoms with E-state index in [2.05, 4.69) is 15.5 Å². The maximum Gasteiger partial charge on any atom is 0.273 e. The first-order valence-corrected chi connectivity index (χ1v) is 8.89. The van der Waals surface area contributed by atoms with Gasteiger partial charge < -0.3 is 24.3 Å². The van der Waals surface area contributed by atoms with Gasteiger partial charge in [-0.3, -0.25) is 9.89 Å². The lowest BCUT2D eigenvalue weighted by atomic mass is 10.1. The summed E-state index contributed by atoms with van der Waals surface area (Å²) in [4.78, 5) is 12.7. The molecule has 0 aliphatic rings. The SMILES string of the molecule is COc1ccc(-c2cc(C(=O)Nc3cc(OC)c(Cl)cc3OC)[nH]n2)c(OC)c1. The van der Waals surface area contributed by atoms with Gasteiger partial charge in [0.05, 0.1) is 44.8 Å². The van der Waals surface area contributed by atoms with E-state index in [1.54, 1.807) is 44.6 Å². The van der Waals surface area contributed by atoms with Crippen LogP contribution in [0.15, 0.2) is 36.4 Å². The predicted octanol–water partition coefficient (Wildman–Crippen LogP) is 4.02. The average molecular weight is 418 g/mol.